The lowest BCUT2D eigenvalue weighted by Gasteiger charge is -2.14. The fraction of sp³-hybridized carbons (Fsp3) is 0.391. The van der Waals surface area contributed by atoms with Crippen molar-refractivity contribution in [3.05, 3.63) is 77.3 Å². The topological polar surface area (TPSA) is 82.8 Å². The lowest BCUT2D eigenvalue weighted by Crippen LogP contribution is -2.04. The highest BCUT2D eigenvalue weighted by Gasteiger charge is 2.13. The minimum Gasteiger partial charge on any atom is -0.491 e. The van der Waals surface area contributed by atoms with E-state index in [1.54, 1.807) is 18.3 Å². The third-order valence-corrected chi connectivity index (χ3v) is 4.37. The Morgan fingerprint density at radius 2 is 1.96 bits per heavy atom. The molecule has 150 valence electrons. The van der Waals surface area contributed by atoms with E-state index in [0.717, 1.165) is 11.1 Å². The van der Waals surface area contributed by atoms with Gasteiger partial charge in [-0.15, -0.1) is 5.73 Å². The summed E-state index contributed by atoms with van der Waals surface area (Å²) >= 11 is 0. The first-order valence-electron chi connectivity index (χ1n) is 9.55. The van der Waals surface area contributed by atoms with Crippen LogP contribution in [0.4, 0.5) is 0 Å². The van der Waals surface area contributed by atoms with Crippen LogP contribution < -0.4 is 4.74 Å². The summed E-state index contributed by atoms with van der Waals surface area (Å²) in [5.74, 6) is 0.841. The molecule has 0 aliphatic rings. The monoisotopic (exact) mass is 383 g/mol. The minimum absolute atomic E-state index is 0.0529. The van der Waals surface area contributed by atoms with Gasteiger partial charge in [0.2, 0.25) is 0 Å². The van der Waals surface area contributed by atoms with E-state index < -0.39 is 12.2 Å². The van der Waals surface area contributed by atoms with Gasteiger partial charge in [0.1, 0.15) is 18.5 Å². The average molecular weight is 383 g/mol. The molecule has 0 amide bonds. The standard InChI is InChI=1S/C23H29NO4/c1-17(2)18(16-23(27)21-10-3-4-12-24-21)7-6-11-22(26)19-8-5-9-20(15-19)28-14-13-25/h3-6,8-10,12,15,17,22-23,25-27H,11,13-14,16H2,1-2H3/t7?,22-,23-/m0/s1. The summed E-state index contributed by atoms with van der Waals surface area (Å²) in [6, 6.07) is 12.7. The molecule has 1 aromatic heterocycles. The molecular formula is C23H29NO4. The van der Waals surface area contributed by atoms with Crippen LogP contribution in [0.5, 0.6) is 5.75 Å². The summed E-state index contributed by atoms with van der Waals surface area (Å²) in [6.45, 7) is 4.28. The van der Waals surface area contributed by atoms with Gasteiger partial charge in [-0.1, -0.05) is 32.0 Å². The van der Waals surface area contributed by atoms with Gasteiger partial charge in [-0.05, 0) is 47.4 Å². The molecule has 5 heteroatoms. The highest BCUT2D eigenvalue weighted by Crippen LogP contribution is 2.25. The van der Waals surface area contributed by atoms with E-state index >= 15 is 0 Å². The molecule has 0 aliphatic carbocycles. The fourth-order valence-corrected chi connectivity index (χ4v) is 2.76. The molecular weight excluding hydrogens is 354 g/mol. The van der Waals surface area contributed by atoms with Crippen LogP contribution in [0, 0.1) is 5.92 Å². The first-order chi connectivity index (χ1) is 13.5. The highest BCUT2D eigenvalue weighted by atomic mass is 16.5. The van der Waals surface area contributed by atoms with E-state index in [9.17, 15) is 10.2 Å². The van der Waals surface area contributed by atoms with Crippen molar-refractivity contribution in [3.63, 3.8) is 0 Å². The third kappa shape index (κ3) is 6.95. The second-order valence-corrected chi connectivity index (χ2v) is 6.90. The van der Waals surface area contributed by atoms with Gasteiger partial charge in [-0.25, -0.2) is 0 Å². The Morgan fingerprint density at radius 3 is 2.64 bits per heavy atom. The van der Waals surface area contributed by atoms with Crippen LogP contribution in [0.1, 0.15) is 50.2 Å². The van der Waals surface area contributed by atoms with E-state index in [-0.39, 0.29) is 19.1 Å². The molecule has 0 saturated heterocycles. The number of rotatable bonds is 10. The Kier molecular flexibility index (Phi) is 8.92. The number of hydrogen-bond donors (Lipinski definition) is 3. The van der Waals surface area contributed by atoms with Gasteiger partial charge in [0, 0.05) is 19.0 Å². The third-order valence-electron chi connectivity index (χ3n) is 4.37. The zero-order valence-electron chi connectivity index (χ0n) is 16.5. The number of aliphatic hydroxyl groups excluding tert-OH is 3. The smallest absolute Gasteiger partial charge is 0.119 e. The number of hydrogen-bond acceptors (Lipinski definition) is 5. The Labute approximate surface area is 166 Å². The SMILES string of the molecule is CC(C)C(=C=CC[C@H](O)c1cccc(OCCO)c1)C[C@H](O)c1ccccn1. The molecule has 1 heterocycles. The number of aromatic nitrogens is 1. The maximum Gasteiger partial charge on any atom is 0.119 e. The van der Waals surface area contributed by atoms with E-state index in [1.807, 2.05) is 36.4 Å². The molecule has 2 atom stereocenters. The largest absolute Gasteiger partial charge is 0.491 e. The maximum atomic E-state index is 10.4. The van der Waals surface area contributed by atoms with E-state index in [4.69, 9.17) is 9.84 Å². The van der Waals surface area contributed by atoms with Gasteiger partial charge in [-0.2, -0.15) is 0 Å². The Balaban J connectivity index is 2.04. The molecule has 0 saturated carbocycles. The normalized spacial score (nSPS) is 12.9. The van der Waals surface area contributed by atoms with Crippen LogP contribution in [0.2, 0.25) is 0 Å². The van der Waals surface area contributed by atoms with Crippen LogP contribution in [-0.4, -0.2) is 33.5 Å². The van der Waals surface area contributed by atoms with Gasteiger partial charge in [0.15, 0.2) is 0 Å². The molecule has 2 aromatic rings. The summed E-state index contributed by atoms with van der Waals surface area (Å²) in [6.07, 6.45) is 2.98. The van der Waals surface area contributed by atoms with Gasteiger partial charge in [0.05, 0.1) is 18.4 Å². The number of nitrogens with zero attached hydrogens (tertiary/aromatic N) is 1. The average Bonchev–Trinajstić information content (AvgIpc) is 2.72. The van der Waals surface area contributed by atoms with E-state index in [0.29, 0.717) is 24.3 Å². The first kappa shape index (κ1) is 21.9. The van der Waals surface area contributed by atoms with Crippen LogP contribution in [0.15, 0.2) is 66.0 Å². The molecule has 0 aliphatic heterocycles. The van der Waals surface area contributed by atoms with Gasteiger partial charge >= 0.3 is 0 Å². The summed E-state index contributed by atoms with van der Waals surface area (Å²) in [4.78, 5) is 4.20. The minimum atomic E-state index is -0.681. The molecule has 1 aromatic carbocycles. The van der Waals surface area contributed by atoms with Crippen molar-refractivity contribution in [2.24, 2.45) is 5.92 Å². The second-order valence-electron chi connectivity index (χ2n) is 6.90. The molecule has 28 heavy (non-hydrogen) atoms. The lowest BCUT2D eigenvalue weighted by molar-refractivity contribution is 0.170. The summed E-state index contributed by atoms with van der Waals surface area (Å²) in [7, 11) is 0. The zero-order chi connectivity index (χ0) is 20.4. The second kappa shape index (κ2) is 11.4. The number of aliphatic hydroxyl groups is 3. The van der Waals surface area contributed by atoms with Gasteiger partial charge < -0.3 is 20.1 Å². The molecule has 3 N–H and O–H groups in total. The molecule has 5 nitrogen and oxygen atoms in total. The zero-order valence-corrected chi connectivity index (χ0v) is 16.5. The molecule has 0 fully saturated rings. The van der Waals surface area contributed by atoms with Crippen LogP contribution >= 0.6 is 0 Å². The molecule has 0 radical (unpaired) electrons. The number of ether oxygens (including phenoxy) is 1. The number of pyridine rings is 1. The van der Waals surface area contributed by atoms with E-state index in [1.165, 1.54) is 0 Å². The van der Waals surface area contributed by atoms with Crippen molar-refractivity contribution >= 4 is 0 Å². The summed E-state index contributed by atoms with van der Waals surface area (Å²) in [5, 5.41) is 29.7. The Morgan fingerprint density at radius 1 is 1.14 bits per heavy atom. The Hall–Kier alpha value is -2.43. The van der Waals surface area contributed by atoms with Crippen molar-refractivity contribution in [2.45, 2.75) is 38.9 Å². The fourth-order valence-electron chi connectivity index (χ4n) is 2.76. The Bertz CT molecular complexity index is 782. The van der Waals surface area contributed by atoms with Crippen molar-refractivity contribution in [3.8, 4) is 5.75 Å². The van der Waals surface area contributed by atoms with Crippen molar-refractivity contribution in [2.75, 3.05) is 13.2 Å². The molecule has 2 rings (SSSR count). The van der Waals surface area contributed by atoms with Crippen molar-refractivity contribution in [1.29, 1.82) is 0 Å². The molecule has 0 spiro atoms. The van der Waals surface area contributed by atoms with Crippen LogP contribution in [-0.2, 0) is 0 Å². The molecule has 0 unspecified atom stereocenters. The quantitative estimate of drug-likeness (QED) is 0.545. The van der Waals surface area contributed by atoms with E-state index in [2.05, 4.69) is 24.6 Å². The van der Waals surface area contributed by atoms with Crippen molar-refractivity contribution < 1.29 is 20.1 Å². The predicted molar refractivity (Wildman–Crippen MR) is 109 cm³/mol. The van der Waals surface area contributed by atoms with Crippen LogP contribution in [0.3, 0.4) is 0 Å². The number of benzene rings is 1. The van der Waals surface area contributed by atoms with Crippen molar-refractivity contribution in [1.82, 2.24) is 4.98 Å². The summed E-state index contributed by atoms with van der Waals surface area (Å²) < 4.78 is 5.38. The van der Waals surface area contributed by atoms with Crippen LogP contribution in [0.25, 0.3) is 0 Å². The predicted octanol–water partition coefficient (Wildman–Crippen LogP) is 3.74. The first-order valence-corrected chi connectivity index (χ1v) is 9.55. The van der Waals surface area contributed by atoms with Gasteiger partial charge in [-0.3, -0.25) is 4.98 Å². The van der Waals surface area contributed by atoms with Gasteiger partial charge in [0.25, 0.3) is 0 Å². The molecule has 0 bridgehead atoms. The summed E-state index contributed by atoms with van der Waals surface area (Å²) in [5.41, 5.74) is 5.61. The maximum absolute atomic E-state index is 10.4. The highest BCUT2D eigenvalue weighted by molar-refractivity contribution is 5.30. The lowest BCUT2D eigenvalue weighted by atomic mass is 9.96.